The molecule has 0 aromatic carbocycles. The molecule has 1 N–H and O–H groups in total. The summed E-state index contributed by atoms with van der Waals surface area (Å²) in [6.07, 6.45) is 6.37. The zero-order chi connectivity index (χ0) is 11.8. The zero-order valence-corrected chi connectivity index (χ0v) is 9.85. The van der Waals surface area contributed by atoms with Gasteiger partial charge >= 0.3 is 0 Å². The van der Waals surface area contributed by atoms with Gasteiger partial charge in [0.25, 0.3) is 5.91 Å². The first kappa shape index (κ1) is 10.8. The molecule has 1 amide bonds. The van der Waals surface area contributed by atoms with Gasteiger partial charge in [-0.2, -0.15) is 10.4 Å². The van der Waals surface area contributed by atoms with Gasteiger partial charge in [0, 0.05) is 5.71 Å². The Balaban J connectivity index is 1.70. The maximum atomic E-state index is 11.2. The number of carbonyl (C=O) groups is 1. The quantitative estimate of drug-likeness (QED) is 0.737. The predicted octanol–water partition coefficient (Wildman–Crippen LogP) is 1.83. The Hall–Kier alpha value is -1.37. The van der Waals surface area contributed by atoms with Crippen molar-refractivity contribution in [2.45, 2.75) is 38.5 Å². The SMILES string of the molecule is N#CCC(=O)NN=C1C2CC3CC(C2)CC1C3. The van der Waals surface area contributed by atoms with Gasteiger partial charge < -0.3 is 0 Å². The van der Waals surface area contributed by atoms with Gasteiger partial charge in [0.15, 0.2) is 0 Å². The third-order valence-corrected chi connectivity index (χ3v) is 4.52. The Labute approximate surface area is 101 Å². The lowest BCUT2D eigenvalue weighted by Crippen LogP contribution is -2.46. The first-order valence-electron chi connectivity index (χ1n) is 6.49. The number of hydrogen-bond acceptors (Lipinski definition) is 3. The Morgan fingerprint density at radius 1 is 1.24 bits per heavy atom. The van der Waals surface area contributed by atoms with Crippen LogP contribution in [0.4, 0.5) is 0 Å². The van der Waals surface area contributed by atoms with Gasteiger partial charge in [0.05, 0.1) is 6.07 Å². The van der Waals surface area contributed by atoms with E-state index in [0.717, 1.165) is 11.8 Å². The lowest BCUT2D eigenvalue weighted by molar-refractivity contribution is -0.120. The van der Waals surface area contributed by atoms with E-state index >= 15 is 0 Å². The lowest BCUT2D eigenvalue weighted by atomic mass is 9.55. The van der Waals surface area contributed by atoms with E-state index in [1.807, 2.05) is 6.07 Å². The average Bonchev–Trinajstić information content (AvgIpc) is 2.27. The Morgan fingerprint density at radius 3 is 2.35 bits per heavy atom. The molecule has 0 aromatic heterocycles. The van der Waals surface area contributed by atoms with Crippen LogP contribution in [0.2, 0.25) is 0 Å². The molecule has 4 fully saturated rings. The molecule has 90 valence electrons. The van der Waals surface area contributed by atoms with E-state index in [0.29, 0.717) is 11.8 Å². The van der Waals surface area contributed by atoms with E-state index in [2.05, 4.69) is 10.5 Å². The van der Waals surface area contributed by atoms with Gasteiger partial charge in [-0.05, 0) is 55.8 Å². The number of carbonyl (C=O) groups excluding carboxylic acids is 1. The summed E-state index contributed by atoms with van der Waals surface area (Å²) >= 11 is 0. The van der Waals surface area contributed by atoms with E-state index in [1.54, 1.807) is 0 Å². The number of nitriles is 1. The molecule has 4 aliphatic rings. The summed E-state index contributed by atoms with van der Waals surface area (Å²) in [5, 5.41) is 12.7. The second kappa shape index (κ2) is 4.14. The minimum atomic E-state index is -0.284. The molecule has 0 atom stereocenters. The fraction of sp³-hybridized carbons (Fsp3) is 0.769. The van der Waals surface area contributed by atoms with Crippen molar-refractivity contribution < 1.29 is 4.79 Å². The molecule has 4 saturated carbocycles. The van der Waals surface area contributed by atoms with Crippen molar-refractivity contribution in [2.75, 3.05) is 0 Å². The van der Waals surface area contributed by atoms with Crippen LogP contribution in [-0.2, 0) is 4.79 Å². The summed E-state index contributed by atoms with van der Waals surface area (Å²) in [5.74, 6) is 2.74. The van der Waals surface area contributed by atoms with E-state index in [-0.39, 0.29) is 12.3 Å². The van der Waals surface area contributed by atoms with Crippen LogP contribution < -0.4 is 5.43 Å². The topological polar surface area (TPSA) is 65.2 Å². The third kappa shape index (κ3) is 1.95. The molecule has 0 aromatic rings. The van der Waals surface area contributed by atoms with Crippen LogP contribution >= 0.6 is 0 Å². The number of nitrogens with zero attached hydrogens (tertiary/aromatic N) is 2. The van der Waals surface area contributed by atoms with Crippen LogP contribution in [0.15, 0.2) is 5.10 Å². The van der Waals surface area contributed by atoms with E-state index in [4.69, 9.17) is 5.26 Å². The second-order valence-electron chi connectivity index (χ2n) is 5.71. The average molecular weight is 231 g/mol. The normalized spacial score (nSPS) is 37.7. The summed E-state index contributed by atoms with van der Waals surface area (Å²) in [6, 6.07) is 1.84. The molecule has 0 heterocycles. The number of nitrogens with one attached hydrogen (secondary N) is 1. The van der Waals surface area contributed by atoms with Gasteiger partial charge in [0.2, 0.25) is 0 Å². The minimum Gasteiger partial charge on any atom is -0.272 e. The van der Waals surface area contributed by atoms with Crippen molar-refractivity contribution in [2.24, 2.45) is 28.8 Å². The molecule has 4 aliphatic carbocycles. The standard InChI is InChI=1S/C13H17N3O/c14-2-1-12(17)15-16-13-10-4-8-3-9(6-10)7-11(13)5-8/h8-11H,1,3-7H2,(H,15,17). The van der Waals surface area contributed by atoms with Crippen molar-refractivity contribution >= 4 is 11.6 Å². The van der Waals surface area contributed by atoms with Crippen LogP contribution in [0.1, 0.15) is 38.5 Å². The highest BCUT2D eigenvalue weighted by Crippen LogP contribution is 2.52. The molecule has 4 nitrogen and oxygen atoms in total. The predicted molar refractivity (Wildman–Crippen MR) is 62.9 cm³/mol. The highest BCUT2D eigenvalue weighted by molar-refractivity contribution is 5.92. The van der Waals surface area contributed by atoms with Crippen LogP contribution in [0.3, 0.4) is 0 Å². The summed E-state index contributed by atoms with van der Waals surface area (Å²) in [5.41, 5.74) is 3.75. The minimum absolute atomic E-state index is 0.0998. The van der Waals surface area contributed by atoms with E-state index < -0.39 is 0 Å². The maximum absolute atomic E-state index is 11.2. The molecule has 0 unspecified atom stereocenters. The highest BCUT2D eigenvalue weighted by Gasteiger charge is 2.46. The van der Waals surface area contributed by atoms with Gasteiger partial charge in [-0.25, -0.2) is 5.43 Å². The van der Waals surface area contributed by atoms with Crippen LogP contribution in [-0.4, -0.2) is 11.6 Å². The van der Waals surface area contributed by atoms with Crippen molar-refractivity contribution in [3.05, 3.63) is 0 Å². The van der Waals surface area contributed by atoms with Crippen molar-refractivity contribution in [1.29, 1.82) is 5.26 Å². The van der Waals surface area contributed by atoms with Gasteiger partial charge in [0.1, 0.15) is 6.42 Å². The Morgan fingerprint density at radius 2 is 1.82 bits per heavy atom. The van der Waals surface area contributed by atoms with E-state index in [1.165, 1.54) is 37.8 Å². The van der Waals surface area contributed by atoms with Crippen molar-refractivity contribution in [3.63, 3.8) is 0 Å². The van der Waals surface area contributed by atoms with Crippen molar-refractivity contribution in [1.82, 2.24) is 5.43 Å². The number of amides is 1. The fourth-order valence-electron chi connectivity index (χ4n) is 4.09. The molecule has 0 saturated heterocycles. The Kier molecular flexibility index (Phi) is 2.62. The summed E-state index contributed by atoms with van der Waals surface area (Å²) < 4.78 is 0. The first-order chi connectivity index (χ1) is 8.26. The fourth-order valence-corrected chi connectivity index (χ4v) is 4.09. The summed E-state index contributed by atoms with van der Waals surface area (Å²) in [7, 11) is 0. The van der Waals surface area contributed by atoms with Crippen LogP contribution in [0.5, 0.6) is 0 Å². The molecule has 0 aliphatic heterocycles. The molecular weight excluding hydrogens is 214 g/mol. The number of hydrazone groups is 1. The smallest absolute Gasteiger partial charge is 0.254 e. The number of rotatable bonds is 2. The van der Waals surface area contributed by atoms with Crippen molar-refractivity contribution in [3.8, 4) is 6.07 Å². The second-order valence-corrected chi connectivity index (χ2v) is 5.71. The van der Waals surface area contributed by atoms with Gasteiger partial charge in [-0.15, -0.1) is 0 Å². The largest absolute Gasteiger partial charge is 0.272 e. The molecule has 4 rings (SSSR count). The highest BCUT2D eigenvalue weighted by atomic mass is 16.2. The van der Waals surface area contributed by atoms with Gasteiger partial charge in [-0.3, -0.25) is 4.79 Å². The monoisotopic (exact) mass is 231 g/mol. The molecule has 4 heteroatoms. The summed E-state index contributed by atoms with van der Waals surface area (Å²) in [4.78, 5) is 11.2. The molecule has 17 heavy (non-hydrogen) atoms. The zero-order valence-electron chi connectivity index (χ0n) is 9.85. The number of hydrogen-bond donors (Lipinski definition) is 1. The molecular formula is C13H17N3O. The van der Waals surface area contributed by atoms with Gasteiger partial charge in [-0.1, -0.05) is 0 Å². The summed E-state index contributed by atoms with van der Waals surface area (Å²) in [6.45, 7) is 0. The molecule has 0 spiro atoms. The third-order valence-electron chi connectivity index (χ3n) is 4.52. The van der Waals surface area contributed by atoms with Crippen LogP contribution in [0.25, 0.3) is 0 Å². The lowest BCUT2D eigenvalue weighted by Gasteiger charge is -2.50. The molecule has 0 radical (unpaired) electrons. The first-order valence-corrected chi connectivity index (χ1v) is 6.49. The Bertz CT molecular complexity index is 377. The van der Waals surface area contributed by atoms with Crippen LogP contribution in [0, 0.1) is 35.0 Å². The maximum Gasteiger partial charge on any atom is 0.254 e. The molecule has 4 bridgehead atoms. The van der Waals surface area contributed by atoms with E-state index in [9.17, 15) is 4.79 Å².